The third kappa shape index (κ3) is 1.23. The molecule has 0 aliphatic carbocycles. The molecule has 0 fully saturated rings. The van der Waals surface area contributed by atoms with Gasteiger partial charge in [-0.2, -0.15) is 5.10 Å². The second kappa shape index (κ2) is 2.70. The van der Waals surface area contributed by atoms with Crippen LogP contribution in [0.15, 0.2) is 12.3 Å². The molecule has 0 bridgehead atoms. The molecule has 5 nitrogen and oxygen atoms in total. The van der Waals surface area contributed by atoms with E-state index in [0.29, 0.717) is 16.1 Å². The number of H-pyrrole nitrogens is 1. The van der Waals surface area contributed by atoms with E-state index in [2.05, 4.69) is 15.2 Å². The lowest BCUT2D eigenvalue weighted by Gasteiger charge is -1.89. The van der Waals surface area contributed by atoms with Crippen molar-refractivity contribution in [2.24, 2.45) is 0 Å². The SMILES string of the molecule is O=C(O)c1n[nH]c2cc(Cl)ncc12. The Morgan fingerprint density at radius 1 is 1.62 bits per heavy atom. The number of nitrogens with one attached hydrogen (secondary N) is 1. The summed E-state index contributed by atoms with van der Waals surface area (Å²) in [4.78, 5) is 14.4. The van der Waals surface area contributed by atoms with E-state index < -0.39 is 5.97 Å². The lowest BCUT2D eigenvalue weighted by molar-refractivity contribution is 0.0692. The molecule has 0 atom stereocenters. The maximum absolute atomic E-state index is 10.6. The number of aromatic carboxylic acids is 1. The number of aromatic nitrogens is 3. The fraction of sp³-hybridized carbons (Fsp3) is 0. The number of carboxylic acids is 1. The molecule has 2 heterocycles. The smallest absolute Gasteiger partial charge is 0.357 e. The van der Waals surface area contributed by atoms with Crippen molar-refractivity contribution in [1.29, 1.82) is 0 Å². The van der Waals surface area contributed by atoms with E-state index >= 15 is 0 Å². The topological polar surface area (TPSA) is 78.9 Å². The summed E-state index contributed by atoms with van der Waals surface area (Å²) in [6.45, 7) is 0. The summed E-state index contributed by atoms with van der Waals surface area (Å²) >= 11 is 5.60. The highest BCUT2D eigenvalue weighted by molar-refractivity contribution is 6.30. The fourth-order valence-corrected chi connectivity index (χ4v) is 1.21. The van der Waals surface area contributed by atoms with Crippen molar-refractivity contribution in [3.63, 3.8) is 0 Å². The number of carbonyl (C=O) groups is 1. The monoisotopic (exact) mass is 197 g/mol. The molecular formula is C7H4ClN3O2. The van der Waals surface area contributed by atoms with Crippen LogP contribution in [0.25, 0.3) is 10.9 Å². The van der Waals surface area contributed by atoms with Gasteiger partial charge in [-0.05, 0) is 0 Å². The van der Waals surface area contributed by atoms with Gasteiger partial charge >= 0.3 is 5.97 Å². The van der Waals surface area contributed by atoms with Crippen LogP contribution >= 0.6 is 11.6 Å². The average Bonchev–Trinajstić information content (AvgIpc) is 2.46. The van der Waals surface area contributed by atoms with Crippen LogP contribution in [-0.2, 0) is 0 Å². The van der Waals surface area contributed by atoms with Crippen LogP contribution in [-0.4, -0.2) is 26.3 Å². The highest BCUT2D eigenvalue weighted by Crippen LogP contribution is 2.17. The second-order valence-corrected chi connectivity index (χ2v) is 2.82. The van der Waals surface area contributed by atoms with Crippen LogP contribution in [0.5, 0.6) is 0 Å². The summed E-state index contributed by atoms with van der Waals surface area (Å²) in [5.74, 6) is -1.09. The number of aromatic amines is 1. The first-order valence-corrected chi connectivity index (χ1v) is 3.79. The Kier molecular flexibility index (Phi) is 1.66. The molecule has 0 aliphatic heterocycles. The molecule has 0 aromatic carbocycles. The normalized spacial score (nSPS) is 10.5. The molecule has 2 aromatic heterocycles. The van der Waals surface area contributed by atoms with Gasteiger partial charge in [-0.25, -0.2) is 9.78 Å². The van der Waals surface area contributed by atoms with Crippen molar-refractivity contribution < 1.29 is 9.90 Å². The zero-order valence-electron chi connectivity index (χ0n) is 6.28. The zero-order chi connectivity index (χ0) is 9.42. The number of carboxylic acid groups (broad SMARTS) is 1. The highest BCUT2D eigenvalue weighted by Gasteiger charge is 2.12. The largest absolute Gasteiger partial charge is 0.476 e. The molecule has 0 saturated heterocycles. The third-order valence-electron chi connectivity index (χ3n) is 1.62. The standard InChI is InChI=1S/C7H4ClN3O2/c8-5-1-4-3(2-9-5)6(7(12)13)11-10-4/h1-2H,(H,10,11)(H,12,13). The molecule has 6 heteroatoms. The number of nitrogens with zero attached hydrogens (tertiary/aromatic N) is 2. The summed E-state index contributed by atoms with van der Waals surface area (Å²) in [5.41, 5.74) is 0.525. The van der Waals surface area contributed by atoms with Crippen molar-refractivity contribution in [3.05, 3.63) is 23.1 Å². The number of pyridine rings is 1. The van der Waals surface area contributed by atoms with E-state index in [4.69, 9.17) is 16.7 Å². The van der Waals surface area contributed by atoms with Crippen molar-refractivity contribution in [3.8, 4) is 0 Å². The van der Waals surface area contributed by atoms with Crippen molar-refractivity contribution >= 4 is 28.5 Å². The lowest BCUT2D eigenvalue weighted by Crippen LogP contribution is -1.96. The van der Waals surface area contributed by atoms with Gasteiger partial charge in [0.15, 0.2) is 5.69 Å². The van der Waals surface area contributed by atoms with Crippen LogP contribution in [0.2, 0.25) is 5.15 Å². The van der Waals surface area contributed by atoms with Crippen LogP contribution < -0.4 is 0 Å². The minimum Gasteiger partial charge on any atom is -0.476 e. The zero-order valence-corrected chi connectivity index (χ0v) is 7.04. The van der Waals surface area contributed by atoms with E-state index in [9.17, 15) is 4.79 Å². The number of hydrogen-bond donors (Lipinski definition) is 2. The molecule has 0 radical (unpaired) electrons. The first-order valence-electron chi connectivity index (χ1n) is 3.41. The summed E-state index contributed by atoms with van der Waals surface area (Å²) in [5, 5.41) is 15.6. The van der Waals surface area contributed by atoms with E-state index in [1.165, 1.54) is 12.3 Å². The second-order valence-electron chi connectivity index (χ2n) is 2.43. The fourth-order valence-electron chi connectivity index (χ4n) is 1.05. The van der Waals surface area contributed by atoms with Gasteiger partial charge < -0.3 is 5.11 Å². The summed E-state index contributed by atoms with van der Waals surface area (Å²) in [6, 6.07) is 1.52. The summed E-state index contributed by atoms with van der Waals surface area (Å²) in [7, 11) is 0. The van der Waals surface area contributed by atoms with Gasteiger partial charge in [0.2, 0.25) is 0 Å². The van der Waals surface area contributed by atoms with Gasteiger partial charge in [-0.3, -0.25) is 5.10 Å². The molecule has 0 aliphatic rings. The Balaban J connectivity index is 2.76. The Morgan fingerprint density at radius 3 is 3.08 bits per heavy atom. The Hall–Kier alpha value is -1.62. The minimum absolute atomic E-state index is 0.0424. The Labute approximate surface area is 77.4 Å². The van der Waals surface area contributed by atoms with Crippen molar-refractivity contribution in [2.45, 2.75) is 0 Å². The highest BCUT2D eigenvalue weighted by atomic mass is 35.5. The molecule has 2 N–H and O–H groups in total. The number of fused-ring (bicyclic) bond motifs is 1. The first kappa shape index (κ1) is 8.00. The molecule has 0 spiro atoms. The van der Waals surface area contributed by atoms with E-state index in [-0.39, 0.29) is 5.69 Å². The molecule has 2 aromatic rings. The molecule has 66 valence electrons. The first-order chi connectivity index (χ1) is 6.18. The lowest BCUT2D eigenvalue weighted by atomic mass is 10.2. The molecule has 2 rings (SSSR count). The molecule has 0 unspecified atom stereocenters. The van der Waals surface area contributed by atoms with E-state index in [1.807, 2.05) is 0 Å². The number of rotatable bonds is 1. The van der Waals surface area contributed by atoms with Gasteiger partial charge in [0, 0.05) is 12.3 Å². The van der Waals surface area contributed by atoms with Crippen LogP contribution in [0.3, 0.4) is 0 Å². The number of hydrogen-bond acceptors (Lipinski definition) is 3. The molecule has 13 heavy (non-hydrogen) atoms. The van der Waals surface area contributed by atoms with Crippen molar-refractivity contribution in [1.82, 2.24) is 15.2 Å². The van der Waals surface area contributed by atoms with Crippen LogP contribution in [0, 0.1) is 0 Å². The summed E-state index contributed by atoms with van der Waals surface area (Å²) in [6.07, 6.45) is 1.38. The molecule has 0 saturated carbocycles. The van der Waals surface area contributed by atoms with Gasteiger partial charge in [0.05, 0.1) is 10.9 Å². The predicted molar refractivity (Wildman–Crippen MR) is 45.9 cm³/mol. The van der Waals surface area contributed by atoms with Gasteiger partial charge in [-0.15, -0.1) is 0 Å². The minimum atomic E-state index is -1.09. The maximum Gasteiger partial charge on any atom is 0.357 e. The van der Waals surface area contributed by atoms with Crippen LogP contribution in [0.4, 0.5) is 0 Å². The number of halogens is 1. The average molecular weight is 198 g/mol. The quantitative estimate of drug-likeness (QED) is 0.676. The Morgan fingerprint density at radius 2 is 2.38 bits per heavy atom. The van der Waals surface area contributed by atoms with Crippen LogP contribution in [0.1, 0.15) is 10.5 Å². The third-order valence-corrected chi connectivity index (χ3v) is 1.82. The summed E-state index contributed by atoms with van der Waals surface area (Å²) < 4.78 is 0. The van der Waals surface area contributed by atoms with Gasteiger partial charge in [-0.1, -0.05) is 11.6 Å². The van der Waals surface area contributed by atoms with Gasteiger partial charge in [0.25, 0.3) is 0 Å². The molecular weight excluding hydrogens is 194 g/mol. The predicted octanol–water partition coefficient (Wildman–Crippen LogP) is 1.31. The van der Waals surface area contributed by atoms with E-state index in [1.54, 1.807) is 0 Å². The molecule has 0 amide bonds. The van der Waals surface area contributed by atoms with E-state index in [0.717, 1.165) is 0 Å². The maximum atomic E-state index is 10.6. The Bertz CT molecular complexity index is 480. The van der Waals surface area contributed by atoms with Crippen molar-refractivity contribution in [2.75, 3.05) is 0 Å². The van der Waals surface area contributed by atoms with Gasteiger partial charge in [0.1, 0.15) is 5.15 Å².